The molecule has 0 bridgehead atoms. The van der Waals surface area contributed by atoms with Gasteiger partial charge in [-0.1, -0.05) is 29.8 Å². The minimum atomic E-state index is -4.69. The molecule has 1 aromatic heterocycles. The van der Waals surface area contributed by atoms with Crippen molar-refractivity contribution in [1.82, 2.24) is 15.2 Å². The van der Waals surface area contributed by atoms with Gasteiger partial charge in [-0.2, -0.15) is 13.2 Å². The largest absolute Gasteiger partial charge is 0.416 e. The van der Waals surface area contributed by atoms with Crippen molar-refractivity contribution in [3.05, 3.63) is 69.5 Å². The molecular weight excluding hydrogens is 507 g/mol. The molecule has 2 N–H and O–H groups in total. The van der Waals surface area contributed by atoms with E-state index in [1.165, 1.54) is 23.1 Å². The van der Waals surface area contributed by atoms with E-state index in [-0.39, 0.29) is 5.75 Å². The van der Waals surface area contributed by atoms with Crippen molar-refractivity contribution in [3.63, 3.8) is 0 Å². The molecule has 2 aromatic carbocycles. The fourth-order valence-corrected chi connectivity index (χ4v) is 5.16. The summed E-state index contributed by atoms with van der Waals surface area (Å²) in [6.45, 7) is 0. The number of carbonyl (C=O) groups is 1. The van der Waals surface area contributed by atoms with E-state index in [1.807, 2.05) is 22.9 Å². The molecular formula is C19H15ClF3N3O3S3. The minimum absolute atomic E-state index is 0.0824. The molecule has 0 spiro atoms. The van der Waals surface area contributed by atoms with Crippen molar-refractivity contribution < 1.29 is 26.4 Å². The zero-order valence-electron chi connectivity index (χ0n) is 16.0. The standard InChI is InChI=1S/C19H15ClF3N3O3S3/c20-14-6-4-12(5-7-14)16-9-31-18(24-16)11-30-10-17(27)25-26-32(28,29)15-3-1-2-13(8-15)19(21,22)23/h1-9,26H,10-11H2,(H,25,27). The average Bonchev–Trinajstić information content (AvgIpc) is 3.21. The maximum Gasteiger partial charge on any atom is 0.416 e. The number of alkyl halides is 3. The Kier molecular flexibility index (Phi) is 7.83. The first-order chi connectivity index (χ1) is 15.0. The summed E-state index contributed by atoms with van der Waals surface area (Å²) in [5, 5.41) is 3.27. The van der Waals surface area contributed by atoms with Crippen LogP contribution in [0.4, 0.5) is 13.2 Å². The number of nitrogens with zero attached hydrogens (tertiary/aromatic N) is 1. The molecule has 3 aromatic rings. The maximum atomic E-state index is 12.8. The number of nitrogens with one attached hydrogen (secondary N) is 2. The predicted molar refractivity (Wildman–Crippen MR) is 119 cm³/mol. The second-order valence-corrected chi connectivity index (χ2v) is 10.4. The molecule has 0 atom stereocenters. The van der Waals surface area contributed by atoms with E-state index < -0.39 is 32.6 Å². The smallest absolute Gasteiger partial charge is 0.277 e. The molecule has 0 unspecified atom stereocenters. The lowest BCUT2D eigenvalue weighted by Crippen LogP contribution is -2.42. The summed E-state index contributed by atoms with van der Waals surface area (Å²) >= 11 is 8.50. The number of rotatable bonds is 8. The van der Waals surface area contributed by atoms with Crippen molar-refractivity contribution in [2.24, 2.45) is 0 Å². The molecule has 0 saturated heterocycles. The van der Waals surface area contributed by atoms with Gasteiger partial charge in [0.1, 0.15) is 5.01 Å². The molecule has 0 aliphatic heterocycles. The highest BCUT2D eigenvalue weighted by atomic mass is 35.5. The normalized spacial score (nSPS) is 12.0. The average molecular weight is 522 g/mol. The molecule has 1 heterocycles. The summed E-state index contributed by atoms with van der Waals surface area (Å²) in [5.41, 5.74) is 2.57. The van der Waals surface area contributed by atoms with Gasteiger partial charge in [0.2, 0.25) is 5.91 Å². The number of sulfonamides is 1. The molecule has 3 rings (SSSR count). The molecule has 0 aliphatic carbocycles. The van der Waals surface area contributed by atoms with Crippen LogP contribution in [0.15, 0.2) is 58.8 Å². The third-order valence-corrected chi connectivity index (χ3v) is 7.42. The van der Waals surface area contributed by atoms with Gasteiger partial charge in [0, 0.05) is 21.7 Å². The first kappa shape index (κ1) is 24.5. The van der Waals surface area contributed by atoms with E-state index in [1.54, 1.807) is 17.0 Å². The zero-order valence-corrected chi connectivity index (χ0v) is 19.2. The van der Waals surface area contributed by atoms with Gasteiger partial charge in [-0.05, 0) is 30.3 Å². The van der Waals surface area contributed by atoms with Crippen LogP contribution in [0.5, 0.6) is 0 Å². The van der Waals surface area contributed by atoms with Gasteiger partial charge in [-0.3, -0.25) is 10.2 Å². The monoisotopic (exact) mass is 521 g/mol. The van der Waals surface area contributed by atoms with E-state index in [0.29, 0.717) is 16.8 Å². The Labute approximate surface area is 195 Å². The van der Waals surface area contributed by atoms with Crippen LogP contribution in [0.2, 0.25) is 5.02 Å². The molecule has 32 heavy (non-hydrogen) atoms. The van der Waals surface area contributed by atoms with Crippen LogP contribution in [0.1, 0.15) is 10.6 Å². The van der Waals surface area contributed by atoms with Gasteiger partial charge >= 0.3 is 6.18 Å². The number of carbonyl (C=O) groups excluding carboxylic acids is 1. The van der Waals surface area contributed by atoms with Crippen LogP contribution < -0.4 is 10.3 Å². The number of hydrogen-bond acceptors (Lipinski definition) is 6. The van der Waals surface area contributed by atoms with Gasteiger partial charge in [-0.25, -0.2) is 13.4 Å². The summed E-state index contributed by atoms with van der Waals surface area (Å²) in [4.78, 5) is 17.6. The Morgan fingerprint density at radius 2 is 1.88 bits per heavy atom. The van der Waals surface area contributed by atoms with Crippen LogP contribution in [0.25, 0.3) is 11.3 Å². The van der Waals surface area contributed by atoms with Gasteiger partial charge in [-0.15, -0.1) is 27.9 Å². The summed E-state index contributed by atoms with van der Waals surface area (Å²) in [5.74, 6) is -0.312. The van der Waals surface area contributed by atoms with Crippen LogP contribution in [0.3, 0.4) is 0 Å². The summed E-state index contributed by atoms with van der Waals surface area (Å²) in [7, 11) is -4.36. The van der Waals surface area contributed by atoms with E-state index in [9.17, 15) is 26.4 Å². The second kappa shape index (κ2) is 10.2. The van der Waals surface area contributed by atoms with E-state index in [0.717, 1.165) is 34.5 Å². The minimum Gasteiger partial charge on any atom is -0.277 e. The van der Waals surface area contributed by atoms with Crippen LogP contribution in [-0.4, -0.2) is 25.1 Å². The second-order valence-electron chi connectivity index (χ2n) is 6.31. The Morgan fingerprint density at radius 3 is 2.56 bits per heavy atom. The number of thiazole rings is 1. The highest BCUT2D eigenvalue weighted by molar-refractivity contribution is 7.99. The lowest BCUT2D eigenvalue weighted by atomic mass is 10.2. The third kappa shape index (κ3) is 6.69. The van der Waals surface area contributed by atoms with Gasteiger partial charge in [0.15, 0.2) is 0 Å². The van der Waals surface area contributed by atoms with Crippen molar-refractivity contribution in [1.29, 1.82) is 0 Å². The van der Waals surface area contributed by atoms with Crippen molar-refractivity contribution >= 4 is 50.6 Å². The topological polar surface area (TPSA) is 88.2 Å². The number of halogens is 4. The van der Waals surface area contributed by atoms with Crippen LogP contribution >= 0.6 is 34.7 Å². The number of benzene rings is 2. The first-order valence-corrected chi connectivity index (χ1v) is 12.7. The van der Waals surface area contributed by atoms with Crippen molar-refractivity contribution in [2.75, 3.05) is 5.75 Å². The molecule has 1 amide bonds. The van der Waals surface area contributed by atoms with Gasteiger partial charge in [0.05, 0.1) is 21.9 Å². The number of thioether (sulfide) groups is 1. The molecule has 170 valence electrons. The Balaban J connectivity index is 1.49. The summed E-state index contributed by atoms with van der Waals surface area (Å²) in [6.07, 6.45) is -4.69. The molecule has 0 saturated carbocycles. The quantitative estimate of drug-likeness (QED) is 0.419. The summed E-state index contributed by atoms with van der Waals surface area (Å²) < 4.78 is 62.6. The van der Waals surface area contributed by atoms with E-state index >= 15 is 0 Å². The van der Waals surface area contributed by atoms with Gasteiger partial charge in [0.25, 0.3) is 10.0 Å². The molecule has 6 nitrogen and oxygen atoms in total. The predicted octanol–water partition coefficient (Wildman–Crippen LogP) is 4.73. The zero-order chi connectivity index (χ0) is 23.4. The number of amides is 1. The maximum absolute atomic E-state index is 12.8. The molecule has 13 heteroatoms. The van der Waals surface area contributed by atoms with Gasteiger partial charge < -0.3 is 0 Å². The van der Waals surface area contributed by atoms with Crippen LogP contribution in [-0.2, 0) is 26.7 Å². The van der Waals surface area contributed by atoms with Crippen LogP contribution in [0, 0.1) is 0 Å². The fraction of sp³-hybridized carbons (Fsp3) is 0.158. The SMILES string of the molecule is O=C(CSCc1nc(-c2ccc(Cl)cc2)cs1)NNS(=O)(=O)c1cccc(C(F)(F)F)c1. The lowest BCUT2D eigenvalue weighted by molar-refractivity contribution is -0.137. The summed E-state index contributed by atoms with van der Waals surface area (Å²) in [6, 6.07) is 10.4. The lowest BCUT2D eigenvalue weighted by Gasteiger charge is -2.11. The highest BCUT2D eigenvalue weighted by Crippen LogP contribution is 2.30. The number of hydrogen-bond donors (Lipinski definition) is 2. The Bertz CT molecular complexity index is 1200. The van der Waals surface area contributed by atoms with Crippen molar-refractivity contribution in [3.8, 4) is 11.3 Å². The molecule has 0 fully saturated rings. The Morgan fingerprint density at radius 1 is 1.16 bits per heavy atom. The molecule has 0 aliphatic rings. The Hall–Kier alpha value is -2.12. The first-order valence-electron chi connectivity index (χ1n) is 8.80. The van der Waals surface area contributed by atoms with E-state index in [2.05, 4.69) is 4.98 Å². The van der Waals surface area contributed by atoms with Crippen molar-refractivity contribution in [2.45, 2.75) is 16.8 Å². The fourth-order valence-electron chi connectivity index (χ4n) is 2.42. The highest BCUT2D eigenvalue weighted by Gasteiger charge is 2.31. The number of aromatic nitrogens is 1. The third-order valence-electron chi connectivity index (χ3n) is 3.95. The number of hydrazine groups is 1. The van der Waals surface area contributed by atoms with E-state index in [4.69, 9.17) is 11.6 Å². The molecule has 0 radical (unpaired) electrons.